The molecule has 0 saturated carbocycles. The Hall–Kier alpha value is -2.47. The van der Waals surface area contributed by atoms with E-state index in [-0.39, 0.29) is 30.7 Å². The van der Waals surface area contributed by atoms with Crippen LogP contribution in [-0.4, -0.2) is 34.2 Å². The summed E-state index contributed by atoms with van der Waals surface area (Å²) in [5.74, 6) is -0.863. The van der Waals surface area contributed by atoms with E-state index in [0.717, 1.165) is 16.0 Å². The van der Waals surface area contributed by atoms with Crippen molar-refractivity contribution in [2.24, 2.45) is 0 Å². The Morgan fingerprint density at radius 1 is 1.09 bits per heavy atom. The minimum Gasteiger partial charge on any atom is -0.274 e. The van der Waals surface area contributed by atoms with Crippen molar-refractivity contribution in [1.82, 2.24) is 9.96 Å². The van der Waals surface area contributed by atoms with Crippen LogP contribution in [0.1, 0.15) is 31.4 Å². The SMILES string of the molecule is CC1=C(C)C(=O)N(CCC(=O)N2Cc3ccccc3CO2)C1=O. The fourth-order valence-electron chi connectivity index (χ4n) is 2.71. The van der Waals surface area contributed by atoms with Gasteiger partial charge in [0.15, 0.2) is 0 Å². The second kappa shape index (κ2) is 5.96. The average molecular weight is 314 g/mol. The van der Waals surface area contributed by atoms with Crippen LogP contribution in [0.5, 0.6) is 0 Å². The number of fused-ring (bicyclic) bond motifs is 1. The van der Waals surface area contributed by atoms with Crippen LogP contribution >= 0.6 is 0 Å². The Kier molecular flexibility index (Phi) is 4.00. The second-order valence-electron chi connectivity index (χ2n) is 5.73. The summed E-state index contributed by atoms with van der Waals surface area (Å²) in [5.41, 5.74) is 3.02. The predicted molar refractivity (Wildman–Crippen MR) is 81.5 cm³/mol. The highest BCUT2D eigenvalue weighted by molar-refractivity contribution is 6.18. The zero-order valence-corrected chi connectivity index (χ0v) is 13.2. The van der Waals surface area contributed by atoms with Crippen LogP contribution in [0, 0.1) is 0 Å². The molecule has 6 nitrogen and oxygen atoms in total. The van der Waals surface area contributed by atoms with Crippen LogP contribution in [0.4, 0.5) is 0 Å². The first-order chi connectivity index (χ1) is 11.0. The number of hydroxylamine groups is 2. The molecule has 0 N–H and O–H groups in total. The van der Waals surface area contributed by atoms with Crippen molar-refractivity contribution in [3.05, 3.63) is 46.5 Å². The van der Waals surface area contributed by atoms with Crippen molar-refractivity contribution in [3.63, 3.8) is 0 Å². The quantitative estimate of drug-likeness (QED) is 0.794. The molecule has 0 fully saturated rings. The average Bonchev–Trinajstić information content (AvgIpc) is 2.76. The normalized spacial score (nSPS) is 17.8. The molecule has 0 aromatic heterocycles. The maximum atomic E-state index is 12.3. The van der Waals surface area contributed by atoms with Gasteiger partial charge in [0.05, 0.1) is 6.54 Å². The number of benzene rings is 1. The molecular weight excluding hydrogens is 296 g/mol. The van der Waals surface area contributed by atoms with E-state index < -0.39 is 0 Å². The standard InChI is InChI=1S/C17H18N2O4/c1-11-12(2)17(22)18(16(11)21)8-7-15(20)19-9-13-5-3-4-6-14(13)10-23-19/h3-6H,7-10H2,1-2H3. The Balaban J connectivity index is 1.59. The third-order valence-corrected chi connectivity index (χ3v) is 4.33. The molecular formula is C17H18N2O4. The molecule has 1 aromatic rings. The predicted octanol–water partition coefficient (Wildman–Crippen LogP) is 1.56. The van der Waals surface area contributed by atoms with Crippen molar-refractivity contribution in [2.45, 2.75) is 33.4 Å². The first-order valence-corrected chi connectivity index (χ1v) is 7.52. The molecule has 2 heterocycles. The van der Waals surface area contributed by atoms with Gasteiger partial charge in [-0.2, -0.15) is 0 Å². The summed E-state index contributed by atoms with van der Waals surface area (Å²) in [6.07, 6.45) is 0.0558. The minimum absolute atomic E-state index is 0.0558. The first kappa shape index (κ1) is 15.4. The third-order valence-electron chi connectivity index (χ3n) is 4.33. The fraction of sp³-hybridized carbons (Fsp3) is 0.353. The van der Waals surface area contributed by atoms with Crippen LogP contribution < -0.4 is 0 Å². The molecule has 0 spiro atoms. The summed E-state index contributed by atoms with van der Waals surface area (Å²) in [5, 5.41) is 1.31. The molecule has 2 aliphatic heterocycles. The number of hydrogen-bond donors (Lipinski definition) is 0. The molecule has 23 heavy (non-hydrogen) atoms. The van der Waals surface area contributed by atoms with Gasteiger partial charge in [-0.1, -0.05) is 24.3 Å². The fourth-order valence-corrected chi connectivity index (χ4v) is 2.71. The highest BCUT2D eigenvalue weighted by Crippen LogP contribution is 2.22. The molecule has 0 aliphatic carbocycles. The molecule has 1 aromatic carbocycles. The van der Waals surface area contributed by atoms with Gasteiger partial charge in [-0.05, 0) is 25.0 Å². The summed E-state index contributed by atoms with van der Waals surface area (Å²) < 4.78 is 0. The molecule has 6 heteroatoms. The van der Waals surface area contributed by atoms with Gasteiger partial charge in [0, 0.05) is 24.1 Å². The van der Waals surface area contributed by atoms with Gasteiger partial charge in [-0.15, -0.1) is 0 Å². The Labute approximate surface area is 134 Å². The summed E-state index contributed by atoms with van der Waals surface area (Å²) in [6, 6.07) is 7.78. The number of rotatable bonds is 3. The van der Waals surface area contributed by atoms with Crippen molar-refractivity contribution in [1.29, 1.82) is 0 Å². The van der Waals surface area contributed by atoms with Gasteiger partial charge in [0.1, 0.15) is 6.61 Å². The zero-order valence-electron chi connectivity index (χ0n) is 13.2. The molecule has 0 bridgehead atoms. The lowest BCUT2D eigenvalue weighted by Crippen LogP contribution is -2.38. The highest BCUT2D eigenvalue weighted by atomic mass is 16.7. The van der Waals surface area contributed by atoms with E-state index in [9.17, 15) is 14.4 Å². The lowest BCUT2D eigenvalue weighted by Gasteiger charge is -2.28. The first-order valence-electron chi connectivity index (χ1n) is 7.52. The molecule has 0 radical (unpaired) electrons. The molecule has 120 valence electrons. The number of nitrogens with zero attached hydrogens (tertiary/aromatic N) is 2. The molecule has 2 aliphatic rings. The van der Waals surface area contributed by atoms with E-state index >= 15 is 0 Å². The number of amides is 3. The van der Waals surface area contributed by atoms with E-state index in [1.165, 1.54) is 5.06 Å². The molecule has 3 rings (SSSR count). The number of hydrogen-bond acceptors (Lipinski definition) is 4. The maximum Gasteiger partial charge on any atom is 0.256 e. The van der Waals surface area contributed by atoms with Crippen molar-refractivity contribution < 1.29 is 19.2 Å². The van der Waals surface area contributed by atoms with E-state index in [0.29, 0.717) is 24.3 Å². The van der Waals surface area contributed by atoms with Gasteiger partial charge in [0.25, 0.3) is 11.8 Å². The van der Waals surface area contributed by atoms with Crippen LogP contribution in [-0.2, 0) is 32.4 Å². The molecule has 0 saturated heterocycles. The van der Waals surface area contributed by atoms with E-state index in [4.69, 9.17) is 4.84 Å². The van der Waals surface area contributed by atoms with Crippen molar-refractivity contribution in [2.75, 3.05) is 6.54 Å². The summed E-state index contributed by atoms with van der Waals surface area (Å²) >= 11 is 0. The highest BCUT2D eigenvalue weighted by Gasteiger charge is 2.33. The Bertz CT molecular complexity index is 699. The summed E-state index contributed by atoms with van der Waals surface area (Å²) in [4.78, 5) is 42.8. The summed E-state index contributed by atoms with van der Waals surface area (Å²) in [7, 11) is 0. The summed E-state index contributed by atoms with van der Waals surface area (Å²) in [6.45, 7) is 4.06. The van der Waals surface area contributed by atoms with Gasteiger partial charge >= 0.3 is 0 Å². The van der Waals surface area contributed by atoms with Gasteiger partial charge in [-0.25, -0.2) is 5.06 Å². The van der Waals surface area contributed by atoms with Crippen molar-refractivity contribution in [3.8, 4) is 0 Å². The topological polar surface area (TPSA) is 66.9 Å². The second-order valence-corrected chi connectivity index (χ2v) is 5.73. The number of carbonyl (C=O) groups excluding carboxylic acids is 3. The number of imide groups is 1. The molecule has 0 unspecified atom stereocenters. The largest absolute Gasteiger partial charge is 0.274 e. The maximum absolute atomic E-state index is 12.3. The van der Waals surface area contributed by atoms with E-state index in [1.54, 1.807) is 13.8 Å². The van der Waals surface area contributed by atoms with Crippen LogP contribution in [0.15, 0.2) is 35.4 Å². The molecule has 3 amide bonds. The van der Waals surface area contributed by atoms with Gasteiger partial charge < -0.3 is 0 Å². The van der Waals surface area contributed by atoms with Crippen molar-refractivity contribution >= 4 is 17.7 Å². The van der Waals surface area contributed by atoms with Crippen LogP contribution in [0.3, 0.4) is 0 Å². The van der Waals surface area contributed by atoms with Gasteiger partial charge in [0.2, 0.25) is 5.91 Å². The monoisotopic (exact) mass is 314 g/mol. The number of carbonyl (C=O) groups is 3. The minimum atomic E-state index is -0.315. The van der Waals surface area contributed by atoms with E-state index in [1.807, 2.05) is 24.3 Å². The molecule has 0 atom stereocenters. The zero-order chi connectivity index (χ0) is 16.6. The Morgan fingerprint density at radius 2 is 1.70 bits per heavy atom. The van der Waals surface area contributed by atoms with Crippen LogP contribution in [0.25, 0.3) is 0 Å². The van der Waals surface area contributed by atoms with Gasteiger partial charge in [-0.3, -0.25) is 24.1 Å². The van der Waals surface area contributed by atoms with Crippen LogP contribution in [0.2, 0.25) is 0 Å². The van der Waals surface area contributed by atoms with E-state index in [2.05, 4.69) is 0 Å². The smallest absolute Gasteiger partial charge is 0.256 e. The Morgan fingerprint density at radius 3 is 2.35 bits per heavy atom. The third kappa shape index (κ3) is 2.77. The lowest BCUT2D eigenvalue weighted by atomic mass is 10.1. The lowest BCUT2D eigenvalue weighted by molar-refractivity contribution is -0.201.